The van der Waals surface area contributed by atoms with Crippen LogP contribution in [-0.2, 0) is 12.3 Å². The zero-order valence-electron chi connectivity index (χ0n) is 18.1. The van der Waals surface area contributed by atoms with E-state index in [1.165, 1.54) is 16.9 Å². The number of benzene rings is 3. The number of fused-ring (bicyclic) bond motifs is 1. The Hall–Kier alpha value is -3.42. The Bertz CT molecular complexity index is 1430. The number of thiazole rings is 1. The van der Waals surface area contributed by atoms with Crippen molar-refractivity contribution in [1.82, 2.24) is 14.8 Å². The summed E-state index contributed by atoms with van der Waals surface area (Å²) in [7, 11) is 0. The van der Waals surface area contributed by atoms with Crippen molar-refractivity contribution in [3.8, 4) is 5.13 Å². The maximum atomic E-state index is 13.4. The summed E-state index contributed by atoms with van der Waals surface area (Å²) in [5.74, 6) is 0.628. The third-order valence-electron chi connectivity index (χ3n) is 5.22. The van der Waals surface area contributed by atoms with Crippen LogP contribution in [0.15, 0.2) is 93.5 Å². The first kappa shape index (κ1) is 21.4. The summed E-state index contributed by atoms with van der Waals surface area (Å²) in [6.07, 6.45) is 1.70. The number of nitrogens with zero attached hydrogens (tertiary/aromatic N) is 3. The summed E-state index contributed by atoms with van der Waals surface area (Å²) in [4.78, 5) is 23.7. The summed E-state index contributed by atoms with van der Waals surface area (Å²) < 4.78 is 2.59. The number of nitrogens with one attached hydrogen (secondary N) is 1. The van der Waals surface area contributed by atoms with E-state index >= 15 is 0 Å². The molecule has 164 valence electrons. The molecule has 0 bridgehead atoms. The zero-order valence-corrected chi connectivity index (χ0v) is 19.7. The molecular weight excluding hydrogens is 448 g/mol. The number of thioether (sulfide) groups is 1. The van der Waals surface area contributed by atoms with Crippen LogP contribution in [-0.4, -0.2) is 21.0 Å². The number of aliphatic imine (C=N–C) groups is 1. The molecule has 1 N–H and O–H groups in total. The van der Waals surface area contributed by atoms with Crippen molar-refractivity contribution in [1.29, 1.82) is 0 Å². The van der Waals surface area contributed by atoms with Gasteiger partial charge in [0.25, 0.3) is 5.56 Å². The predicted molar refractivity (Wildman–Crippen MR) is 138 cm³/mol. The Kier molecular flexibility index (Phi) is 6.24. The highest BCUT2D eigenvalue weighted by molar-refractivity contribution is 7.98. The number of aromatic nitrogens is 3. The van der Waals surface area contributed by atoms with Crippen molar-refractivity contribution in [3.05, 3.63) is 112 Å². The molecule has 5 nitrogen and oxygen atoms in total. The summed E-state index contributed by atoms with van der Waals surface area (Å²) in [6, 6.07) is 26.3. The molecule has 0 spiro atoms. The van der Waals surface area contributed by atoms with E-state index in [4.69, 9.17) is 0 Å². The summed E-state index contributed by atoms with van der Waals surface area (Å²) >= 11 is 3.18. The van der Waals surface area contributed by atoms with Gasteiger partial charge in [0.15, 0.2) is 0 Å². The van der Waals surface area contributed by atoms with Gasteiger partial charge in [0.1, 0.15) is 0 Å². The number of aryl methyl sites for hydroxylation is 1. The fourth-order valence-electron chi connectivity index (χ4n) is 3.44. The van der Waals surface area contributed by atoms with Gasteiger partial charge in [-0.3, -0.25) is 14.9 Å². The van der Waals surface area contributed by atoms with Gasteiger partial charge >= 0.3 is 0 Å². The predicted octanol–water partition coefficient (Wildman–Crippen LogP) is 6.00. The third kappa shape index (κ3) is 4.84. The second kappa shape index (κ2) is 9.60. The smallest absolute Gasteiger partial charge is 0.282 e. The standard InChI is InChI=1S/C26H22N4OS2/c1-18-11-13-20(14-12-18)32-17-23-21(16-27-15-19-7-3-2-4-8-19)25(31)30(29-23)26-28-22-9-5-6-10-24(22)33-26/h2-14,16,29H,15,17H2,1H3. The van der Waals surface area contributed by atoms with Crippen LogP contribution >= 0.6 is 23.1 Å². The number of aromatic amines is 1. The van der Waals surface area contributed by atoms with Crippen LogP contribution in [0.5, 0.6) is 0 Å². The van der Waals surface area contributed by atoms with Gasteiger partial charge in [0, 0.05) is 16.9 Å². The number of hydrogen-bond donors (Lipinski definition) is 1. The van der Waals surface area contributed by atoms with Crippen molar-refractivity contribution >= 4 is 39.5 Å². The van der Waals surface area contributed by atoms with Gasteiger partial charge in [-0.15, -0.1) is 11.8 Å². The molecule has 5 aromatic rings. The topological polar surface area (TPSA) is 63.0 Å². The van der Waals surface area contributed by atoms with Crippen LogP contribution in [0.25, 0.3) is 15.3 Å². The van der Waals surface area contributed by atoms with E-state index in [0.717, 1.165) is 26.4 Å². The van der Waals surface area contributed by atoms with Gasteiger partial charge in [-0.25, -0.2) is 4.98 Å². The number of para-hydroxylation sites is 1. The molecule has 0 aliphatic rings. The van der Waals surface area contributed by atoms with Gasteiger partial charge < -0.3 is 0 Å². The molecule has 0 amide bonds. The maximum absolute atomic E-state index is 13.4. The van der Waals surface area contributed by atoms with E-state index in [-0.39, 0.29) is 5.56 Å². The van der Waals surface area contributed by atoms with Crippen LogP contribution in [0.2, 0.25) is 0 Å². The highest BCUT2D eigenvalue weighted by atomic mass is 32.2. The van der Waals surface area contributed by atoms with Crippen LogP contribution in [0.4, 0.5) is 0 Å². The van der Waals surface area contributed by atoms with E-state index in [1.807, 2.05) is 54.6 Å². The van der Waals surface area contributed by atoms with Gasteiger partial charge in [0.2, 0.25) is 5.13 Å². The SMILES string of the molecule is Cc1ccc(SCc2[nH]n(-c3nc4ccccc4s3)c(=O)c2C=NCc2ccccc2)cc1. The van der Waals surface area contributed by atoms with Crippen LogP contribution in [0.3, 0.4) is 0 Å². The minimum absolute atomic E-state index is 0.134. The molecular formula is C26H22N4OS2. The van der Waals surface area contributed by atoms with Crippen molar-refractivity contribution in [2.75, 3.05) is 0 Å². The first-order valence-electron chi connectivity index (χ1n) is 10.6. The fraction of sp³-hybridized carbons (Fsp3) is 0.115. The van der Waals surface area contributed by atoms with E-state index in [2.05, 4.69) is 46.3 Å². The highest BCUT2D eigenvalue weighted by Crippen LogP contribution is 2.26. The molecule has 33 heavy (non-hydrogen) atoms. The molecule has 0 saturated carbocycles. The lowest BCUT2D eigenvalue weighted by atomic mass is 10.2. The Morgan fingerprint density at radius 3 is 2.58 bits per heavy atom. The number of rotatable bonds is 7. The first-order valence-corrected chi connectivity index (χ1v) is 12.4. The summed E-state index contributed by atoms with van der Waals surface area (Å²) in [6.45, 7) is 2.60. The molecule has 0 fully saturated rings. The average molecular weight is 471 g/mol. The van der Waals surface area contributed by atoms with E-state index < -0.39 is 0 Å². The maximum Gasteiger partial charge on any atom is 0.282 e. The number of hydrogen-bond acceptors (Lipinski definition) is 5. The van der Waals surface area contributed by atoms with Crippen molar-refractivity contribution in [2.45, 2.75) is 24.1 Å². The first-order chi connectivity index (χ1) is 16.2. The molecule has 7 heteroatoms. The lowest BCUT2D eigenvalue weighted by Crippen LogP contribution is -2.17. The van der Waals surface area contributed by atoms with Crippen LogP contribution in [0.1, 0.15) is 22.4 Å². The normalized spacial score (nSPS) is 11.5. The third-order valence-corrected chi connectivity index (χ3v) is 7.28. The molecule has 0 atom stereocenters. The number of H-pyrrole nitrogens is 1. The molecule has 0 radical (unpaired) electrons. The lowest BCUT2D eigenvalue weighted by Gasteiger charge is -2.02. The van der Waals surface area contributed by atoms with E-state index in [1.54, 1.807) is 22.7 Å². The minimum Gasteiger partial charge on any atom is -0.291 e. The fourth-order valence-corrected chi connectivity index (χ4v) is 5.23. The summed E-state index contributed by atoms with van der Waals surface area (Å²) in [5, 5.41) is 3.93. The van der Waals surface area contributed by atoms with E-state index in [0.29, 0.717) is 23.0 Å². The highest BCUT2D eigenvalue weighted by Gasteiger charge is 2.17. The van der Waals surface area contributed by atoms with Gasteiger partial charge in [-0.05, 0) is 36.8 Å². The molecule has 0 unspecified atom stereocenters. The second-order valence-electron chi connectivity index (χ2n) is 7.67. The average Bonchev–Trinajstić information content (AvgIpc) is 3.40. The van der Waals surface area contributed by atoms with Gasteiger partial charge in [-0.1, -0.05) is 71.5 Å². The molecule has 0 saturated heterocycles. The monoisotopic (exact) mass is 470 g/mol. The largest absolute Gasteiger partial charge is 0.291 e. The summed E-state index contributed by atoms with van der Waals surface area (Å²) in [5.41, 5.74) is 4.49. The van der Waals surface area contributed by atoms with Gasteiger partial charge in [0.05, 0.1) is 28.0 Å². The molecule has 0 aliphatic heterocycles. The molecule has 2 heterocycles. The molecule has 3 aromatic carbocycles. The van der Waals surface area contributed by atoms with Crippen molar-refractivity contribution in [2.24, 2.45) is 4.99 Å². The van der Waals surface area contributed by atoms with Crippen molar-refractivity contribution < 1.29 is 0 Å². The second-order valence-corrected chi connectivity index (χ2v) is 9.72. The van der Waals surface area contributed by atoms with Gasteiger partial charge in [-0.2, -0.15) is 4.68 Å². The minimum atomic E-state index is -0.134. The Labute approximate surface area is 199 Å². The quantitative estimate of drug-likeness (QED) is 0.235. The molecule has 0 aliphatic carbocycles. The van der Waals surface area contributed by atoms with Crippen LogP contribution in [0, 0.1) is 6.92 Å². The van der Waals surface area contributed by atoms with Crippen LogP contribution < -0.4 is 5.56 Å². The Morgan fingerprint density at radius 1 is 1.03 bits per heavy atom. The Balaban J connectivity index is 1.48. The lowest BCUT2D eigenvalue weighted by molar-refractivity contribution is 0.827. The zero-order chi connectivity index (χ0) is 22.6. The molecule has 2 aromatic heterocycles. The van der Waals surface area contributed by atoms with E-state index in [9.17, 15) is 4.79 Å². The molecule has 5 rings (SSSR count). The Morgan fingerprint density at radius 2 is 1.79 bits per heavy atom. The van der Waals surface area contributed by atoms with Crippen molar-refractivity contribution in [3.63, 3.8) is 0 Å².